The van der Waals surface area contributed by atoms with Gasteiger partial charge in [-0.05, 0) is 25.5 Å². The fourth-order valence-corrected chi connectivity index (χ4v) is 3.46. The monoisotopic (exact) mass is 289 g/mol. The largest absolute Gasteiger partial charge is 0.481 e. The molecule has 5 heteroatoms. The van der Waals surface area contributed by atoms with Crippen LogP contribution in [0.1, 0.15) is 39.9 Å². The van der Waals surface area contributed by atoms with Gasteiger partial charge in [-0.2, -0.15) is 0 Å². The van der Waals surface area contributed by atoms with E-state index < -0.39 is 0 Å². The molecule has 0 saturated heterocycles. The van der Waals surface area contributed by atoms with Gasteiger partial charge in [-0.15, -0.1) is 11.3 Å². The molecule has 2 aromatic heterocycles. The van der Waals surface area contributed by atoms with Gasteiger partial charge in [0.05, 0.1) is 17.8 Å². The van der Waals surface area contributed by atoms with Crippen molar-refractivity contribution >= 4 is 11.3 Å². The number of hydrogen-bond acceptors (Lipinski definition) is 5. The second-order valence-electron chi connectivity index (χ2n) is 5.11. The first-order valence-electron chi connectivity index (χ1n) is 6.92. The van der Waals surface area contributed by atoms with Crippen LogP contribution in [-0.2, 0) is 13.0 Å². The van der Waals surface area contributed by atoms with Crippen LogP contribution in [0.25, 0.3) is 0 Å². The average Bonchev–Trinajstić information content (AvgIpc) is 3.24. The molecule has 1 aliphatic rings. The molecule has 1 saturated carbocycles. The zero-order chi connectivity index (χ0) is 13.9. The molecule has 0 bridgehead atoms. The molecule has 0 spiro atoms. The van der Waals surface area contributed by atoms with Gasteiger partial charge in [0.25, 0.3) is 0 Å². The maximum atomic E-state index is 5.08. The van der Waals surface area contributed by atoms with Gasteiger partial charge < -0.3 is 10.1 Å². The smallest absolute Gasteiger partial charge is 0.212 e. The summed E-state index contributed by atoms with van der Waals surface area (Å²) in [5, 5.41) is 4.43. The first kappa shape index (κ1) is 13.5. The maximum absolute atomic E-state index is 5.08. The minimum atomic E-state index is 0.655. The van der Waals surface area contributed by atoms with Crippen LogP contribution < -0.4 is 10.1 Å². The predicted molar refractivity (Wildman–Crippen MR) is 80.4 cm³/mol. The highest BCUT2D eigenvalue weighted by atomic mass is 32.1. The van der Waals surface area contributed by atoms with E-state index >= 15 is 0 Å². The van der Waals surface area contributed by atoms with Gasteiger partial charge in [-0.3, -0.25) is 0 Å². The number of thiazole rings is 1. The molecule has 106 valence electrons. The quantitative estimate of drug-likeness (QED) is 0.888. The van der Waals surface area contributed by atoms with Crippen LogP contribution in [0, 0.1) is 0 Å². The van der Waals surface area contributed by atoms with E-state index in [1.54, 1.807) is 7.11 Å². The van der Waals surface area contributed by atoms with E-state index in [-0.39, 0.29) is 0 Å². The van der Waals surface area contributed by atoms with Crippen LogP contribution in [0.4, 0.5) is 0 Å². The van der Waals surface area contributed by atoms with Crippen molar-refractivity contribution in [3.05, 3.63) is 39.5 Å². The highest BCUT2D eigenvalue weighted by Gasteiger charge is 2.29. The molecule has 2 aromatic rings. The third kappa shape index (κ3) is 2.99. The Kier molecular flexibility index (Phi) is 3.98. The molecule has 0 aromatic carbocycles. The lowest BCUT2D eigenvalue weighted by Gasteiger charge is -2.00. The fraction of sp³-hybridized carbons (Fsp3) is 0.467. The SMILES string of the molecule is CNCc1sc(Cc2ccc(OC)nc2)nc1C1CC1. The lowest BCUT2D eigenvalue weighted by atomic mass is 10.2. The molecular weight excluding hydrogens is 270 g/mol. The molecule has 3 rings (SSSR count). The molecule has 0 amide bonds. The van der Waals surface area contributed by atoms with E-state index in [0.717, 1.165) is 13.0 Å². The molecular formula is C15H19N3OS. The van der Waals surface area contributed by atoms with E-state index in [1.807, 2.05) is 30.6 Å². The Morgan fingerprint density at radius 2 is 2.25 bits per heavy atom. The average molecular weight is 289 g/mol. The maximum Gasteiger partial charge on any atom is 0.212 e. The number of ether oxygens (including phenoxy) is 1. The number of pyridine rings is 1. The van der Waals surface area contributed by atoms with Crippen LogP contribution in [0.5, 0.6) is 5.88 Å². The fourth-order valence-electron chi connectivity index (χ4n) is 2.26. The number of methoxy groups -OCH3 is 1. The van der Waals surface area contributed by atoms with E-state index in [2.05, 4.69) is 16.4 Å². The second-order valence-corrected chi connectivity index (χ2v) is 6.27. The number of rotatable bonds is 6. The molecule has 0 atom stereocenters. The van der Waals surface area contributed by atoms with Crippen LogP contribution in [0.15, 0.2) is 18.3 Å². The van der Waals surface area contributed by atoms with E-state index in [4.69, 9.17) is 9.72 Å². The summed E-state index contributed by atoms with van der Waals surface area (Å²) in [6.07, 6.45) is 5.31. The lowest BCUT2D eigenvalue weighted by Crippen LogP contribution is -2.05. The molecule has 4 nitrogen and oxygen atoms in total. The number of nitrogens with one attached hydrogen (secondary N) is 1. The van der Waals surface area contributed by atoms with Crippen molar-refractivity contribution in [2.24, 2.45) is 0 Å². The number of aromatic nitrogens is 2. The van der Waals surface area contributed by atoms with Gasteiger partial charge in [0.15, 0.2) is 0 Å². The third-order valence-electron chi connectivity index (χ3n) is 3.44. The summed E-state index contributed by atoms with van der Waals surface area (Å²) in [6, 6.07) is 3.96. The second kappa shape index (κ2) is 5.89. The van der Waals surface area contributed by atoms with Crippen molar-refractivity contribution in [1.82, 2.24) is 15.3 Å². The summed E-state index contributed by atoms with van der Waals surface area (Å²) < 4.78 is 5.08. The van der Waals surface area contributed by atoms with Crippen molar-refractivity contribution in [2.75, 3.05) is 14.2 Å². The van der Waals surface area contributed by atoms with Crippen molar-refractivity contribution in [3.8, 4) is 5.88 Å². The van der Waals surface area contributed by atoms with Crippen molar-refractivity contribution in [2.45, 2.75) is 31.7 Å². The Morgan fingerprint density at radius 1 is 1.40 bits per heavy atom. The Balaban J connectivity index is 1.77. The Hall–Kier alpha value is -1.46. The molecule has 0 radical (unpaired) electrons. The van der Waals surface area contributed by atoms with Gasteiger partial charge >= 0.3 is 0 Å². The normalized spacial score (nSPS) is 14.5. The molecule has 1 aliphatic carbocycles. The molecule has 0 unspecified atom stereocenters. The van der Waals surface area contributed by atoms with Gasteiger partial charge in [-0.1, -0.05) is 6.07 Å². The minimum Gasteiger partial charge on any atom is -0.481 e. The Morgan fingerprint density at radius 3 is 2.85 bits per heavy atom. The summed E-state index contributed by atoms with van der Waals surface area (Å²) in [6.45, 7) is 0.921. The molecule has 0 aliphatic heterocycles. The number of hydrogen-bond donors (Lipinski definition) is 1. The highest BCUT2D eigenvalue weighted by Crippen LogP contribution is 2.42. The van der Waals surface area contributed by atoms with Crippen molar-refractivity contribution < 1.29 is 4.74 Å². The Bertz CT molecular complexity index is 575. The predicted octanol–water partition coefficient (Wildman–Crippen LogP) is 2.73. The van der Waals surface area contributed by atoms with Crippen molar-refractivity contribution in [3.63, 3.8) is 0 Å². The number of nitrogens with zero attached hydrogens (tertiary/aromatic N) is 2. The molecule has 1 N–H and O–H groups in total. The van der Waals surface area contributed by atoms with Gasteiger partial charge in [0.1, 0.15) is 0 Å². The van der Waals surface area contributed by atoms with E-state index in [0.29, 0.717) is 11.8 Å². The van der Waals surface area contributed by atoms with E-state index in [9.17, 15) is 0 Å². The third-order valence-corrected chi connectivity index (χ3v) is 4.51. The summed E-state index contributed by atoms with van der Waals surface area (Å²) in [4.78, 5) is 10.5. The van der Waals surface area contributed by atoms with Crippen LogP contribution in [-0.4, -0.2) is 24.1 Å². The first-order chi connectivity index (χ1) is 9.80. The summed E-state index contributed by atoms with van der Waals surface area (Å²) >= 11 is 1.82. The van der Waals surface area contributed by atoms with Gasteiger partial charge in [-0.25, -0.2) is 9.97 Å². The summed E-state index contributed by atoms with van der Waals surface area (Å²) in [7, 11) is 3.62. The molecule has 20 heavy (non-hydrogen) atoms. The zero-order valence-corrected chi connectivity index (χ0v) is 12.7. The standard InChI is InChI=1S/C15H19N3OS/c1-16-9-12-15(11-4-5-11)18-14(20-12)7-10-3-6-13(19-2)17-8-10/h3,6,8,11,16H,4-5,7,9H2,1-2H3. The summed E-state index contributed by atoms with van der Waals surface area (Å²) in [5.41, 5.74) is 2.50. The van der Waals surface area contributed by atoms with Crippen LogP contribution >= 0.6 is 11.3 Å². The topological polar surface area (TPSA) is 47.0 Å². The zero-order valence-electron chi connectivity index (χ0n) is 11.8. The molecule has 1 fully saturated rings. The van der Waals surface area contributed by atoms with Gasteiger partial charge in [0, 0.05) is 36.0 Å². The first-order valence-corrected chi connectivity index (χ1v) is 7.73. The lowest BCUT2D eigenvalue weighted by molar-refractivity contribution is 0.397. The van der Waals surface area contributed by atoms with E-state index in [1.165, 1.54) is 34.0 Å². The highest BCUT2D eigenvalue weighted by molar-refractivity contribution is 7.11. The molecule has 2 heterocycles. The van der Waals surface area contributed by atoms with Crippen molar-refractivity contribution in [1.29, 1.82) is 0 Å². The minimum absolute atomic E-state index is 0.655. The van der Waals surface area contributed by atoms with Gasteiger partial charge in [0.2, 0.25) is 5.88 Å². The summed E-state index contributed by atoms with van der Waals surface area (Å²) in [5.74, 6) is 1.36. The van der Waals surface area contributed by atoms with Crippen LogP contribution in [0.3, 0.4) is 0 Å². The Labute approximate surface area is 123 Å². The van der Waals surface area contributed by atoms with Crippen LogP contribution in [0.2, 0.25) is 0 Å².